The normalized spacial score (nSPS) is 10.7. The lowest BCUT2D eigenvalue weighted by molar-refractivity contribution is -0.119. The van der Waals surface area contributed by atoms with Crippen LogP contribution in [-0.4, -0.2) is 16.0 Å². The Morgan fingerprint density at radius 2 is 2.00 bits per heavy atom. The quantitative estimate of drug-likeness (QED) is 0.564. The third-order valence-electron chi connectivity index (χ3n) is 3.97. The van der Waals surface area contributed by atoms with E-state index in [1.54, 1.807) is 12.1 Å². The van der Waals surface area contributed by atoms with Crippen LogP contribution < -0.4 is 10.6 Å². The van der Waals surface area contributed by atoms with Gasteiger partial charge in [0, 0.05) is 23.6 Å². The average Bonchev–Trinajstić information content (AvgIpc) is 3.02. The van der Waals surface area contributed by atoms with Crippen LogP contribution in [0.15, 0.2) is 46.9 Å². The molecule has 0 atom stereocenters. The number of hydrogen-bond acceptors (Lipinski definition) is 4. The monoisotopic (exact) mass is 401 g/mol. The number of thiocarbonyl (C=S) groups is 1. The van der Waals surface area contributed by atoms with Crippen LogP contribution >= 0.6 is 23.8 Å². The van der Waals surface area contributed by atoms with Crippen molar-refractivity contribution in [2.45, 2.75) is 32.6 Å². The van der Waals surface area contributed by atoms with Crippen molar-refractivity contribution in [1.29, 1.82) is 0 Å². The third kappa shape index (κ3) is 5.52. The third-order valence-corrected chi connectivity index (χ3v) is 4.41. The average molecular weight is 402 g/mol. The van der Waals surface area contributed by atoms with Gasteiger partial charge in [-0.3, -0.25) is 4.79 Å². The van der Waals surface area contributed by atoms with Gasteiger partial charge in [-0.25, -0.2) is 4.98 Å². The Hall–Kier alpha value is -2.44. The van der Waals surface area contributed by atoms with Gasteiger partial charge in [0.1, 0.15) is 5.52 Å². The van der Waals surface area contributed by atoms with Gasteiger partial charge in [0.05, 0.1) is 0 Å². The number of fused-ring (bicyclic) bond motifs is 1. The van der Waals surface area contributed by atoms with Crippen molar-refractivity contribution in [2.24, 2.45) is 0 Å². The lowest BCUT2D eigenvalue weighted by atomic mass is 10.1. The zero-order valence-electron chi connectivity index (χ0n) is 14.9. The molecule has 0 spiro atoms. The number of nitrogens with one attached hydrogen (secondary N) is 2. The van der Waals surface area contributed by atoms with Crippen LogP contribution in [0.3, 0.4) is 0 Å². The molecule has 0 aliphatic heterocycles. The number of hydrogen-bond donors (Lipinski definition) is 2. The number of benzene rings is 2. The van der Waals surface area contributed by atoms with E-state index in [1.165, 1.54) is 0 Å². The molecule has 0 fully saturated rings. The molecular weight excluding hydrogens is 382 g/mol. The second-order valence-corrected chi connectivity index (χ2v) is 7.04. The number of anilines is 1. The molecule has 5 nitrogen and oxygen atoms in total. The first kappa shape index (κ1) is 19.3. The molecule has 7 heteroatoms. The van der Waals surface area contributed by atoms with E-state index < -0.39 is 0 Å². The summed E-state index contributed by atoms with van der Waals surface area (Å²) in [4.78, 5) is 16.2. The fourth-order valence-corrected chi connectivity index (χ4v) is 2.99. The summed E-state index contributed by atoms with van der Waals surface area (Å²) in [6.45, 7) is 2.04. The largest absolute Gasteiger partial charge is 0.440 e. The van der Waals surface area contributed by atoms with Gasteiger partial charge in [-0.2, -0.15) is 0 Å². The molecule has 0 radical (unpaired) electrons. The van der Waals surface area contributed by atoms with Gasteiger partial charge in [-0.15, -0.1) is 0 Å². The number of carbonyl (C=O) groups is 1. The SMILES string of the molecule is CCCCC(=O)NC(=S)Nc1ccc(Cc2nc3cc(Cl)ccc3o2)cc1. The molecule has 140 valence electrons. The lowest BCUT2D eigenvalue weighted by Crippen LogP contribution is -2.33. The summed E-state index contributed by atoms with van der Waals surface area (Å²) in [5, 5.41) is 6.64. The predicted molar refractivity (Wildman–Crippen MR) is 112 cm³/mol. The van der Waals surface area contributed by atoms with Gasteiger partial charge < -0.3 is 15.1 Å². The maximum Gasteiger partial charge on any atom is 0.226 e. The zero-order valence-corrected chi connectivity index (χ0v) is 16.5. The van der Waals surface area contributed by atoms with Crippen molar-refractivity contribution in [3.8, 4) is 0 Å². The lowest BCUT2D eigenvalue weighted by Gasteiger charge is -2.09. The number of oxazole rings is 1. The second kappa shape index (κ2) is 8.97. The standard InChI is InChI=1S/C20H20ClN3O2S/c1-2-3-4-18(25)24-20(27)22-15-8-5-13(6-9-15)11-19-23-16-12-14(21)7-10-17(16)26-19/h5-10,12H,2-4,11H2,1H3,(H2,22,24,25,27). The Morgan fingerprint density at radius 1 is 1.22 bits per heavy atom. The van der Waals surface area contributed by atoms with E-state index in [4.69, 9.17) is 28.2 Å². The highest BCUT2D eigenvalue weighted by atomic mass is 35.5. The molecule has 0 aliphatic carbocycles. The Bertz CT molecular complexity index is 954. The summed E-state index contributed by atoms with van der Waals surface area (Å²) in [5.74, 6) is 0.564. The van der Waals surface area contributed by atoms with Crippen LogP contribution in [0.5, 0.6) is 0 Å². The Balaban J connectivity index is 1.58. The fourth-order valence-electron chi connectivity index (χ4n) is 2.59. The van der Waals surface area contributed by atoms with Gasteiger partial charge in [-0.05, 0) is 54.5 Å². The van der Waals surface area contributed by atoms with Crippen LogP contribution in [0.1, 0.15) is 37.6 Å². The number of amides is 1. The van der Waals surface area contributed by atoms with Gasteiger partial charge in [0.2, 0.25) is 5.91 Å². The van der Waals surface area contributed by atoms with Crippen LogP contribution in [0.25, 0.3) is 11.1 Å². The number of nitrogens with zero attached hydrogens (tertiary/aromatic N) is 1. The predicted octanol–water partition coefficient (Wildman–Crippen LogP) is 5.08. The molecule has 0 bridgehead atoms. The summed E-state index contributed by atoms with van der Waals surface area (Å²) < 4.78 is 5.74. The minimum atomic E-state index is -0.0676. The van der Waals surface area contributed by atoms with Crippen LogP contribution in [0, 0.1) is 0 Å². The van der Waals surface area contributed by atoms with Crippen molar-refractivity contribution >= 4 is 51.6 Å². The highest BCUT2D eigenvalue weighted by Crippen LogP contribution is 2.22. The highest BCUT2D eigenvalue weighted by molar-refractivity contribution is 7.80. The van der Waals surface area contributed by atoms with Crippen molar-refractivity contribution in [3.63, 3.8) is 0 Å². The summed E-state index contributed by atoms with van der Waals surface area (Å²) in [5.41, 5.74) is 3.33. The number of unbranched alkanes of at least 4 members (excludes halogenated alkanes) is 1. The Labute approximate surface area is 168 Å². The van der Waals surface area contributed by atoms with E-state index in [0.29, 0.717) is 28.9 Å². The van der Waals surface area contributed by atoms with Crippen molar-refractivity contribution < 1.29 is 9.21 Å². The van der Waals surface area contributed by atoms with E-state index in [0.717, 1.165) is 35.2 Å². The Kier molecular flexibility index (Phi) is 6.42. The number of carbonyl (C=O) groups excluding carboxylic acids is 1. The van der Waals surface area contributed by atoms with Gasteiger partial charge in [-0.1, -0.05) is 37.1 Å². The maximum absolute atomic E-state index is 11.7. The van der Waals surface area contributed by atoms with Gasteiger partial charge in [0.15, 0.2) is 16.6 Å². The molecule has 0 unspecified atom stereocenters. The number of halogens is 1. The van der Waals surface area contributed by atoms with E-state index in [9.17, 15) is 4.79 Å². The molecule has 2 N–H and O–H groups in total. The first-order valence-corrected chi connectivity index (χ1v) is 9.57. The van der Waals surface area contributed by atoms with Crippen molar-refractivity contribution in [3.05, 3.63) is 58.9 Å². The summed E-state index contributed by atoms with van der Waals surface area (Å²) in [7, 11) is 0. The zero-order chi connectivity index (χ0) is 19.2. The van der Waals surface area contributed by atoms with Gasteiger partial charge in [0.25, 0.3) is 0 Å². The molecule has 1 heterocycles. The van der Waals surface area contributed by atoms with E-state index in [-0.39, 0.29) is 5.91 Å². The highest BCUT2D eigenvalue weighted by Gasteiger charge is 2.08. The number of rotatable bonds is 6. The first-order chi connectivity index (χ1) is 13.0. The minimum absolute atomic E-state index is 0.0676. The molecule has 27 heavy (non-hydrogen) atoms. The minimum Gasteiger partial charge on any atom is -0.440 e. The molecule has 1 aromatic heterocycles. The molecule has 0 saturated carbocycles. The van der Waals surface area contributed by atoms with Crippen molar-refractivity contribution in [2.75, 3.05) is 5.32 Å². The first-order valence-electron chi connectivity index (χ1n) is 8.78. The van der Waals surface area contributed by atoms with E-state index in [1.807, 2.05) is 37.3 Å². The van der Waals surface area contributed by atoms with Gasteiger partial charge >= 0.3 is 0 Å². The van der Waals surface area contributed by atoms with Crippen LogP contribution in [0.2, 0.25) is 5.02 Å². The second-order valence-electron chi connectivity index (χ2n) is 6.20. The molecule has 1 amide bonds. The van der Waals surface area contributed by atoms with E-state index >= 15 is 0 Å². The van der Waals surface area contributed by atoms with Crippen LogP contribution in [0.4, 0.5) is 5.69 Å². The molecule has 3 rings (SSSR count). The summed E-state index contributed by atoms with van der Waals surface area (Å²) >= 11 is 11.1. The number of aromatic nitrogens is 1. The summed E-state index contributed by atoms with van der Waals surface area (Å²) in [6.07, 6.45) is 2.88. The molecule has 0 aliphatic rings. The van der Waals surface area contributed by atoms with Crippen molar-refractivity contribution in [1.82, 2.24) is 10.3 Å². The fraction of sp³-hybridized carbons (Fsp3) is 0.250. The molecule has 3 aromatic rings. The van der Waals surface area contributed by atoms with Crippen LogP contribution in [-0.2, 0) is 11.2 Å². The Morgan fingerprint density at radius 3 is 2.74 bits per heavy atom. The summed E-state index contributed by atoms with van der Waals surface area (Å²) in [6, 6.07) is 13.1. The smallest absolute Gasteiger partial charge is 0.226 e. The van der Waals surface area contributed by atoms with E-state index in [2.05, 4.69) is 15.6 Å². The molecular formula is C20H20ClN3O2S. The molecule has 0 saturated heterocycles. The molecule has 2 aromatic carbocycles. The maximum atomic E-state index is 11.7. The topological polar surface area (TPSA) is 67.2 Å².